The van der Waals surface area contributed by atoms with Gasteiger partial charge in [0.2, 0.25) is 5.95 Å². The van der Waals surface area contributed by atoms with Gasteiger partial charge in [-0.1, -0.05) is 11.6 Å². The van der Waals surface area contributed by atoms with Crippen molar-refractivity contribution in [2.75, 3.05) is 18.4 Å². The Hall–Kier alpha value is -3.50. The highest BCUT2D eigenvalue weighted by atomic mass is 35.5. The number of nitrogens with one attached hydrogen (secondary N) is 2. The summed E-state index contributed by atoms with van der Waals surface area (Å²) >= 11 is 6.43. The molecule has 4 heterocycles. The van der Waals surface area contributed by atoms with Crippen molar-refractivity contribution < 1.29 is 4.92 Å². The molecular weight excluding hydrogens is 432 g/mol. The van der Waals surface area contributed by atoms with Crippen LogP contribution in [0.3, 0.4) is 0 Å². The van der Waals surface area contributed by atoms with Gasteiger partial charge in [-0.15, -0.1) is 0 Å². The molecule has 4 aromatic rings. The maximum atomic E-state index is 11.1. The SMILES string of the molecule is Cc1cn(-c2nc(Nc3cnn(C4CCNCC4)c3)ncc2Cl)c2ccc([N+](=O)[O-])cc12. The normalized spacial score (nSPS) is 14.7. The molecule has 0 atom stereocenters. The van der Waals surface area contributed by atoms with Gasteiger partial charge in [0.05, 0.1) is 34.6 Å². The Morgan fingerprint density at radius 1 is 1.25 bits per heavy atom. The zero-order valence-corrected chi connectivity index (χ0v) is 18.1. The fourth-order valence-electron chi connectivity index (χ4n) is 4.06. The van der Waals surface area contributed by atoms with Gasteiger partial charge in [-0.2, -0.15) is 10.1 Å². The van der Waals surface area contributed by atoms with Gasteiger partial charge in [0, 0.05) is 29.9 Å². The summed E-state index contributed by atoms with van der Waals surface area (Å²) in [4.78, 5) is 19.7. The van der Waals surface area contributed by atoms with Gasteiger partial charge in [0.25, 0.3) is 5.69 Å². The quantitative estimate of drug-likeness (QED) is 0.345. The zero-order chi connectivity index (χ0) is 22.2. The Balaban J connectivity index is 1.46. The lowest BCUT2D eigenvalue weighted by atomic mass is 10.1. The van der Waals surface area contributed by atoms with E-state index in [2.05, 4.69) is 25.7 Å². The molecule has 5 rings (SSSR count). The Morgan fingerprint density at radius 2 is 2.06 bits per heavy atom. The first kappa shape index (κ1) is 20.4. The van der Waals surface area contributed by atoms with Crippen LogP contribution < -0.4 is 10.6 Å². The minimum atomic E-state index is -0.403. The summed E-state index contributed by atoms with van der Waals surface area (Å²) in [6.07, 6.45) is 9.20. The van der Waals surface area contributed by atoms with Crippen molar-refractivity contribution in [1.82, 2.24) is 29.6 Å². The predicted molar refractivity (Wildman–Crippen MR) is 122 cm³/mol. The van der Waals surface area contributed by atoms with Gasteiger partial charge in [0.15, 0.2) is 5.82 Å². The Morgan fingerprint density at radius 3 is 2.84 bits per heavy atom. The molecule has 2 N–H and O–H groups in total. The van der Waals surface area contributed by atoms with Crippen molar-refractivity contribution in [2.24, 2.45) is 0 Å². The summed E-state index contributed by atoms with van der Waals surface area (Å²) in [7, 11) is 0. The van der Waals surface area contributed by atoms with Crippen molar-refractivity contribution in [1.29, 1.82) is 0 Å². The van der Waals surface area contributed by atoms with E-state index in [0.29, 0.717) is 22.8 Å². The van der Waals surface area contributed by atoms with E-state index in [4.69, 9.17) is 11.6 Å². The van der Waals surface area contributed by atoms with Gasteiger partial charge in [0.1, 0.15) is 5.02 Å². The zero-order valence-electron chi connectivity index (χ0n) is 17.3. The minimum Gasteiger partial charge on any atom is -0.321 e. The highest BCUT2D eigenvalue weighted by molar-refractivity contribution is 6.32. The molecule has 0 unspecified atom stereocenters. The molecule has 3 aromatic heterocycles. The first-order chi connectivity index (χ1) is 15.5. The lowest BCUT2D eigenvalue weighted by Crippen LogP contribution is -2.29. The van der Waals surface area contributed by atoms with Crippen LogP contribution in [0.1, 0.15) is 24.4 Å². The molecule has 1 saturated heterocycles. The number of aromatic nitrogens is 5. The molecule has 0 spiro atoms. The third kappa shape index (κ3) is 3.78. The third-order valence-corrected chi connectivity index (χ3v) is 5.96. The van der Waals surface area contributed by atoms with E-state index < -0.39 is 4.92 Å². The number of nitro benzene ring substituents is 1. The fourth-order valence-corrected chi connectivity index (χ4v) is 4.24. The second kappa shape index (κ2) is 8.21. The summed E-state index contributed by atoms with van der Waals surface area (Å²) in [5, 5.41) is 23.3. The Bertz CT molecular complexity index is 1310. The molecule has 32 heavy (non-hydrogen) atoms. The van der Waals surface area contributed by atoms with Crippen LogP contribution in [0.5, 0.6) is 0 Å². The van der Waals surface area contributed by atoms with Crippen LogP contribution in [0, 0.1) is 17.0 Å². The van der Waals surface area contributed by atoms with Crippen LogP contribution in [-0.2, 0) is 0 Å². The highest BCUT2D eigenvalue weighted by Gasteiger charge is 2.18. The molecule has 1 aromatic carbocycles. The average molecular weight is 453 g/mol. The van der Waals surface area contributed by atoms with E-state index >= 15 is 0 Å². The molecule has 10 nitrogen and oxygen atoms in total. The van der Waals surface area contributed by atoms with Crippen LogP contribution in [0.25, 0.3) is 16.7 Å². The maximum Gasteiger partial charge on any atom is 0.270 e. The van der Waals surface area contributed by atoms with Gasteiger partial charge in [-0.25, -0.2) is 4.98 Å². The van der Waals surface area contributed by atoms with Crippen LogP contribution >= 0.6 is 11.6 Å². The molecule has 1 aliphatic heterocycles. The number of non-ortho nitro benzene ring substituents is 1. The number of benzene rings is 1. The molecule has 0 aliphatic carbocycles. The van der Waals surface area contributed by atoms with E-state index in [9.17, 15) is 10.1 Å². The largest absolute Gasteiger partial charge is 0.321 e. The van der Waals surface area contributed by atoms with Crippen molar-refractivity contribution >= 4 is 39.8 Å². The van der Waals surface area contributed by atoms with Gasteiger partial charge in [-0.3, -0.25) is 19.4 Å². The number of rotatable bonds is 5. The number of aryl methyl sites for hydroxylation is 1. The molecule has 0 saturated carbocycles. The first-order valence-electron chi connectivity index (χ1n) is 10.3. The van der Waals surface area contributed by atoms with Gasteiger partial charge in [-0.05, 0) is 44.5 Å². The number of fused-ring (bicyclic) bond motifs is 1. The summed E-state index contributed by atoms with van der Waals surface area (Å²) in [5.41, 5.74) is 2.50. The average Bonchev–Trinajstić information content (AvgIpc) is 3.40. The summed E-state index contributed by atoms with van der Waals surface area (Å²) in [6, 6.07) is 5.12. The lowest BCUT2D eigenvalue weighted by molar-refractivity contribution is -0.384. The first-order valence-corrected chi connectivity index (χ1v) is 10.7. The molecule has 0 radical (unpaired) electrons. The molecule has 164 valence electrons. The number of nitro groups is 1. The number of nitrogens with zero attached hydrogens (tertiary/aromatic N) is 6. The highest BCUT2D eigenvalue weighted by Crippen LogP contribution is 2.30. The number of piperidine rings is 1. The minimum absolute atomic E-state index is 0.0419. The van der Waals surface area contributed by atoms with E-state index in [1.54, 1.807) is 18.3 Å². The van der Waals surface area contributed by atoms with Crippen LogP contribution in [0.4, 0.5) is 17.3 Å². The second-order valence-corrected chi connectivity index (χ2v) is 8.23. The lowest BCUT2D eigenvalue weighted by Gasteiger charge is -2.22. The molecular formula is C21H21ClN8O2. The second-order valence-electron chi connectivity index (χ2n) is 7.82. The Kier molecular flexibility index (Phi) is 5.24. The summed E-state index contributed by atoms with van der Waals surface area (Å²) in [5.74, 6) is 0.873. The third-order valence-electron chi connectivity index (χ3n) is 5.69. The van der Waals surface area contributed by atoms with Crippen molar-refractivity contribution in [2.45, 2.75) is 25.8 Å². The Labute approximate surface area is 188 Å². The van der Waals surface area contributed by atoms with Gasteiger partial charge < -0.3 is 10.6 Å². The van der Waals surface area contributed by atoms with Crippen molar-refractivity contribution in [3.63, 3.8) is 0 Å². The number of anilines is 2. The van der Waals surface area contributed by atoms with Crippen LogP contribution in [-0.4, -0.2) is 42.3 Å². The smallest absolute Gasteiger partial charge is 0.270 e. The molecule has 0 bridgehead atoms. The number of hydrogen-bond donors (Lipinski definition) is 2. The monoisotopic (exact) mass is 452 g/mol. The van der Waals surface area contributed by atoms with E-state index in [1.165, 1.54) is 12.3 Å². The molecule has 0 amide bonds. The fraction of sp³-hybridized carbons (Fsp3) is 0.286. The number of halogens is 1. The van der Waals surface area contributed by atoms with Crippen molar-refractivity contribution in [3.8, 4) is 5.82 Å². The molecule has 1 fully saturated rings. The summed E-state index contributed by atoms with van der Waals surface area (Å²) < 4.78 is 3.80. The summed E-state index contributed by atoms with van der Waals surface area (Å²) in [6.45, 7) is 3.88. The molecule has 11 heteroatoms. The van der Waals surface area contributed by atoms with Crippen molar-refractivity contribution in [3.05, 3.63) is 63.7 Å². The van der Waals surface area contributed by atoms with E-state index in [0.717, 1.165) is 48.1 Å². The van der Waals surface area contributed by atoms with E-state index in [1.807, 2.05) is 28.6 Å². The van der Waals surface area contributed by atoms with Gasteiger partial charge >= 0.3 is 0 Å². The van der Waals surface area contributed by atoms with Crippen LogP contribution in [0.15, 0.2) is 43.0 Å². The molecule has 1 aliphatic rings. The van der Waals surface area contributed by atoms with Crippen LogP contribution in [0.2, 0.25) is 5.02 Å². The predicted octanol–water partition coefficient (Wildman–Crippen LogP) is 4.16. The maximum absolute atomic E-state index is 11.1. The van der Waals surface area contributed by atoms with E-state index in [-0.39, 0.29) is 5.69 Å². The standard InChI is InChI=1S/C21H21ClN8O2/c1-13-11-28(19-3-2-16(30(31)32)8-17(13)19)20-18(22)10-24-21(27-20)26-14-9-25-29(12-14)15-4-6-23-7-5-15/h2-3,8-12,15,23H,4-7H2,1H3,(H,24,26,27). The number of hydrogen-bond acceptors (Lipinski definition) is 7. The topological polar surface area (TPSA) is 116 Å².